The maximum Gasteiger partial charge on any atom is 0.159 e. The van der Waals surface area contributed by atoms with Crippen molar-refractivity contribution in [3.8, 4) is 0 Å². The summed E-state index contributed by atoms with van der Waals surface area (Å²) in [7, 11) is 0. The molecule has 2 rings (SSSR count). The van der Waals surface area contributed by atoms with Crippen LogP contribution in [0, 0.1) is 0 Å². The molecule has 96 valence electrons. The Labute approximate surface area is 103 Å². The number of aliphatic hydroxyl groups is 3. The highest BCUT2D eigenvalue weighted by Gasteiger charge is 2.48. The van der Waals surface area contributed by atoms with E-state index in [4.69, 9.17) is 9.84 Å². The number of rotatable bonds is 3. The number of amidine groups is 1. The van der Waals surface area contributed by atoms with Gasteiger partial charge in [-0.05, 0) is 0 Å². The number of nitrogens with one attached hydrogen (secondary N) is 1. The Balaban J connectivity index is 2.07. The van der Waals surface area contributed by atoms with Crippen molar-refractivity contribution in [3.05, 3.63) is 12.7 Å². The van der Waals surface area contributed by atoms with E-state index in [0.29, 0.717) is 11.7 Å². The number of hydrogen-bond acceptors (Lipinski definition) is 6. The lowest BCUT2D eigenvalue weighted by Crippen LogP contribution is -2.59. The number of aliphatic imine (C=N–C) groups is 1. The minimum absolute atomic E-state index is 0.318. The van der Waals surface area contributed by atoms with Crippen molar-refractivity contribution < 1.29 is 20.1 Å². The highest BCUT2D eigenvalue weighted by molar-refractivity contribution is 8.14. The smallest absolute Gasteiger partial charge is 0.159 e. The van der Waals surface area contributed by atoms with E-state index < -0.39 is 24.4 Å². The van der Waals surface area contributed by atoms with E-state index in [1.165, 1.54) is 11.8 Å². The van der Waals surface area contributed by atoms with Gasteiger partial charge in [-0.25, -0.2) is 0 Å². The molecule has 0 saturated carbocycles. The highest BCUT2D eigenvalue weighted by Crippen LogP contribution is 2.33. The molecular weight excluding hydrogens is 244 g/mol. The molecule has 7 heteroatoms. The average molecular weight is 260 g/mol. The molecule has 0 unspecified atom stereocenters. The molecule has 0 radical (unpaired) electrons. The summed E-state index contributed by atoms with van der Waals surface area (Å²) < 4.78 is 5.49. The lowest BCUT2D eigenvalue weighted by atomic mass is 9.98. The van der Waals surface area contributed by atoms with Gasteiger partial charge in [0.1, 0.15) is 23.7 Å². The Morgan fingerprint density at radius 3 is 2.88 bits per heavy atom. The molecule has 0 aromatic carbocycles. The summed E-state index contributed by atoms with van der Waals surface area (Å²) in [4.78, 5) is 4.19. The zero-order valence-corrected chi connectivity index (χ0v) is 10.0. The maximum absolute atomic E-state index is 9.90. The topological polar surface area (TPSA) is 94.3 Å². The normalized spacial score (nSPS) is 43.2. The van der Waals surface area contributed by atoms with Crippen LogP contribution in [0.15, 0.2) is 17.6 Å². The van der Waals surface area contributed by atoms with Gasteiger partial charge in [-0.3, -0.25) is 4.99 Å². The van der Waals surface area contributed by atoms with Crippen molar-refractivity contribution in [3.63, 3.8) is 0 Å². The van der Waals surface area contributed by atoms with Crippen LogP contribution in [0.2, 0.25) is 0 Å². The van der Waals surface area contributed by atoms with E-state index in [2.05, 4.69) is 16.9 Å². The third kappa shape index (κ3) is 2.48. The number of hydrogen-bond donors (Lipinski definition) is 4. The first-order valence-corrected chi connectivity index (χ1v) is 6.26. The van der Waals surface area contributed by atoms with Crippen LogP contribution in [0.1, 0.15) is 0 Å². The maximum atomic E-state index is 9.90. The van der Waals surface area contributed by atoms with Gasteiger partial charge in [0.2, 0.25) is 0 Å². The molecule has 0 bridgehead atoms. The van der Waals surface area contributed by atoms with Gasteiger partial charge in [0, 0.05) is 0 Å². The van der Waals surface area contributed by atoms with E-state index in [1.54, 1.807) is 6.08 Å². The van der Waals surface area contributed by atoms with Crippen LogP contribution < -0.4 is 5.32 Å². The van der Waals surface area contributed by atoms with Crippen LogP contribution in [0.5, 0.6) is 0 Å². The largest absolute Gasteiger partial charge is 0.394 e. The molecule has 5 atom stereocenters. The minimum Gasteiger partial charge on any atom is -0.394 e. The first-order chi connectivity index (χ1) is 8.17. The molecule has 0 spiro atoms. The van der Waals surface area contributed by atoms with Crippen molar-refractivity contribution in [2.24, 2.45) is 4.99 Å². The summed E-state index contributed by atoms with van der Waals surface area (Å²) in [5.41, 5.74) is -0.339. The molecule has 2 fully saturated rings. The quantitative estimate of drug-likeness (QED) is 0.470. The van der Waals surface area contributed by atoms with E-state index in [1.807, 2.05) is 0 Å². The van der Waals surface area contributed by atoms with Gasteiger partial charge >= 0.3 is 0 Å². The predicted octanol–water partition coefficient (Wildman–Crippen LogP) is -1.33. The fraction of sp³-hybridized carbons (Fsp3) is 0.700. The van der Waals surface area contributed by atoms with Crippen LogP contribution in [0.25, 0.3) is 0 Å². The highest BCUT2D eigenvalue weighted by atomic mass is 32.2. The summed E-state index contributed by atoms with van der Waals surface area (Å²) in [5.74, 6) is 0. The molecule has 0 aromatic rings. The Morgan fingerprint density at radius 2 is 2.24 bits per heavy atom. The van der Waals surface area contributed by atoms with Gasteiger partial charge in [0.25, 0.3) is 0 Å². The zero-order chi connectivity index (χ0) is 12.4. The van der Waals surface area contributed by atoms with Crippen molar-refractivity contribution in [2.75, 3.05) is 13.2 Å². The molecule has 0 amide bonds. The molecule has 6 nitrogen and oxygen atoms in total. The third-order valence-electron chi connectivity index (χ3n) is 2.76. The summed E-state index contributed by atoms with van der Waals surface area (Å²) in [6, 6.07) is -0.402. The lowest BCUT2D eigenvalue weighted by molar-refractivity contribution is -0.167. The van der Waals surface area contributed by atoms with E-state index in [0.717, 1.165) is 0 Å². The van der Waals surface area contributed by atoms with Gasteiger partial charge < -0.3 is 25.4 Å². The molecule has 2 heterocycles. The Kier molecular flexibility index (Phi) is 4.05. The zero-order valence-electron chi connectivity index (χ0n) is 9.19. The summed E-state index contributed by atoms with van der Waals surface area (Å²) >= 11 is 1.35. The minimum atomic E-state index is -1.09. The van der Waals surface area contributed by atoms with Crippen LogP contribution in [0.4, 0.5) is 0 Å². The van der Waals surface area contributed by atoms with Crippen LogP contribution in [-0.4, -0.2) is 63.4 Å². The standard InChI is InChI=1S/C10H16N2O4S/c1-2-3-11-10-12-6-8(15)7(14)5(4-13)16-9(6)17-10/h2,5-9,13-15H,1,3-4H2,(H,11,12)/t5-,6-,7+,8-,9-/m1/s1. The second-order valence-electron chi connectivity index (χ2n) is 3.93. The fourth-order valence-electron chi connectivity index (χ4n) is 1.85. The van der Waals surface area contributed by atoms with Gasteiger partial charge in [-0.15, -0.1) is 6.58 Å². The Morgan fingerprint density at radius 1 is 1.47 bits per heavy atom. The van der Waals surface area contributed by atoms with E-state index in [9.17, 15) is 10.2 Å². The lowest BCUT2D eigenvalue weighted by Gasteiger charge is -2.38. The van der Waals surface area contributed by atoms with Crippen molar-refractivity contribution in [1.29, 1.82) is 0 Å². The summed E-state index contributed by atoms with van der Waals surface area (Å²) in [6.45, 7) is 3.73. The van der Waals surface area contributed by atoms with E-state index >= 15 is 0 Å². The monoisotopic (exact) mass is 260 g/mol. The van der Waals surface area contributed by atoms with Crippen molar-refractivity contribution in [2.45, 2.75) is 29.8 Å². The molecule has 2 saturated heterocycles. The molecular formula is C10H16N2O4S. The molecule has 0 aliphatic carbocycles. The second kappa shape index (κ2) is 5.36. The third-order valence-corrected chi connectivity index (χ3v) is 3.87. The second-order valence-corrected chi connectivity index (χ2v) is 5.02. The molecule has 4 N–H and O–H groups in total. The van der Waals surface area contributed by atoms with Crippen LogP contribution in [-0.2, 0) is 4.74 Å². The van der Waals surface area contributed by atoms with Gasteiger partial charge in [-0.1, -0.05) is 17.8 Å². The number of thioether (sulfide) groups is 1. The summed E-state index contributed by atoms with van der Waals surface area (Å²) in [6.07, 6.45) is -1.15. The average Bonchev–Trinajstić information content (AvgIpc) is 2.74. The Hall–Kier alpha value is -0.600. The van der Waals surface area contributed by atoms with Crippen molar-refractivity contribution in [1.82, 2.24) is 5.32 Å². The first-order valence-electron chi connectivity index (χ1n) is 5.38. The SMILES string of the molecule is C=CCN=C1N[C@@H]2[C@@H](O)[C@@H](O)[C@@H](CO)O[C@@H]2S1. The van der Waals surface area contributed by atoms with Crippen LogP contribution in [0.3, 0.4) is 0 Å². The molecule has 2 aliphatic rings. The molecule has 0 aromatic heterocycles. The summed E-state index contributed by atoms with van der Waals surface area (Å²) in [5, 5.41) is 32.3. The first kappa shape index (κ1) is 12.8. The fourth-order valence-corrected chi connectivity index (χ4v) is 3.00. The van der Waals surface area contributed by atoms with E-state index in [-0.39, 0.29) is 12.0 Å². The molecule has 17 heavy (non-hydrogen) atoms. The Bertz CT molecular complexity index is 325. The molecule has 2 aliphatic heterocycles. The number of fused-ring (bicyclic) bond motifs is 1. The van der Waals surface area contributed by atoms with Crippen LogP contribution >= 0.6 is 11.8 Å². The van der Waals surface area contributed by atoms with Gasteiger partial charge in [-0.2, -0.15) is 0 Å². The van der Waals surface area contributed by atoms with Gasteiger partial charge in [0.15, 0.2) is 5.17 Å². The van der Waals surface area contributed by atoms with Crippen molar-refractivity contribution >= 4 is 16.9 Å². The predicted molar refractivity (Wildman–Crippen MR) is 64.8 cm³/mol. The van der Waals surface area contributed by atoms with Gasteiger partial charge in [0.05, 0.1) is 19.2 Å². The number of aliphatic hydroxyl groups excluding tert-OH is 3. The number of ether oxygens (including phenoxy) is 1. The number of nitrogens with zero attached hydrogens (tertiary/aromatic N) is 1.